The van der Waals surface area contributed by atoms with Gasteiger partial charge in [0.05, 0.1) is 11.8 Å². The van der Waals surface area contributed by atoms with E-state index in [4.69, 9.17) is 5.73 Å². The summed E-state index contributed by atoms with van der Waals surface area (Å²) in [6.07, 6.45) is -0.232. The van der Waals surface area contributed by atoms with Crippen LogP contribution in [0.15, 0.2) is 48.9 Å². The van der Waals surface area contributed by atoms with E-state index in [0.717, 1.165) is 60.3 Å². The van der Waals surface area contributed by atoms with Crippen molar-refractivity contribution in [3.8, 4) is 6.07 Å². The van der Waals surface area contributed by atoms with Gasteiger partial charge in [0, 0.05) is 60.1 Å². The molecule has 1 fully saturated rings. The molecule has 0 saturated carbocycles. The second kappa shape index (κ2) is 12.1. The highest BCUT2D eigenvalue weighted by Crippen LogP contribution is 2.34. The van der Waals surface area contributed by atoms with E-state index in [1.807, 2.05) is 12.1 Å². The number of alkyl halides is 3. The predicted octanol–water partition coefficient (Wildman–Crippen LogP) is 6.79. The summed E-state index contributed by atoms with van der Waals surface area (Å²) in [6, 6.07) is 14.2. The van der Waals surface area contributed by atoms with Gasteiger partial charge in [-0.15, -0.1) is 11.3 Å². The summed E-state index contributed by atoms with van der Waals surface area (Å²) in [5, 5.41) is 15.1. The normalized spacial score (nSPS) is 15.5. The third-order valence-corrected chi connectivity index (χ3v) is 9.54. The van der Waals surface area contributed by atoms with Gasteiger partial charge in [-0.05, 0) is 60.7 Å². The minimum Gasteiger partial charge on any atom is -0.384 e. The van der Waals surface area contributed by atoms with E-state index in [1.54, 1.807) is 18.3 Å². The second-order valence-electron chi connectivity index (χ2n) is 11.6. The lowest BCUT2D eigenvalue weighted by Gasteiger charge is -2.33. The molecule has 12 heteroatoms. The van der Waals surface area contributed by atoms with Crippen LogP contribution in [0.2, 0.25) is 0 Å². The maximum atomic E-state index is 12.9. The van der Waals surface area contributed by atoms with Gasteiger partial charge in [-0.25, -0.2) is 15.0 Å². The number of aryl methyl sites for hydroxylation is 1. The number of anilines is 2. The number of nitrogens with zero attached hydrogens (tertiary/aromatic N) is 6. The number of nitrogens with two attached hydrogens (primary N) is 1. The molecule has 44 heavy (non-hydrogen) atoms. The summed E-state index contributed by atoms with van der Waals surface area (Å²) in [4.78, 5) is 16.0. The highest BCUT2D eigenvalue weighted by molar-refractivity contribution is 7.18. The fraction of sp³-hybridized carbons (Fsp3) is 0.375. The van der Waals surface area contributed by atoms with E-state index in [2.05, 4.69) is 61.8 Å². The van der Waals surface area contributed by atoms with E-state index in [1.165, 1.54) is 17.5 Å². The van der Waals surface area contributed by atoms with Crippen molar-refractivity contribution in [2.75, 3.05) is 24.1 Å². The Morgan fingerprint density at radius 3 is 2.61 bits per heavy atom. The van der Waals surface area contributed by atoms with Gasteiger partial charge >= 0.3 is 6.18 Å². The van der Waals surface area contributed by atoms with Crippen molar-refractivity contribution in [2.45, 2.75) is 64.3 Å². The number of thiophene rings is 1. The summed E-state index contributed by atoms with van der Waals surface area (Å²) in [6.45, 7) is 7.47. The third-order valence-electron chi connectivity index (χ3n) is 8.49. The van der Waals surface area contributed by atoms with Gasteiger partial charge in [0.15, 0.2) is 0 Å². The van der Waals surface area contributed by atoms with Crippen molar-refractivity contribution in [1.82, 2.24) is 24.4 Å². The number of rotatable bonds is 8. The molecule has 5 aromatic rings. The summed E-state index contributed by atoms with van der Waals surface area (Å²) in [7, 11) is 0. The Labute approximate surface area is 257 Å². The molecule has 0 radical (unpaired) electrons. The van der Waals surface area contributed by atoms with Crippen LogP contribution in [0.3, 0.4) is 0 Å². The lowest BCUT2D eigenvalue weighted by Crippen LogP contribution is -2.39. The molecule has 0 bridgehead atoms. The number of nitrogens with one attached hydrogen (secondary N) is 1. The van der Waals surface area contributed by atoms with E-state index in [-0.39, 0.29) is 16.8 Å². The topological polar surface area (TPSA) is 109 Å². The first kappa shape index (κ1) is 29.8. The number of hydrogen-bond donors (Lipinski definition) is 2. The van der Waals surface area contributed by atoms with Crippen LogP contribution in [-0.4, -0.2) is 49.7 Å². The Kier molecular flexibility index (Phi) is 8.18. The van der Waals surface area contributed by atoms with Gasteiger partial charge in [0.1, 0.15) is 34.6 Å². The van der Waals surface area contributed by atoms with Crippen LogP contribution in [0.5, 0.6) is 0 Å². The van der Waals surface area contributed by atoms with E-state index < -0.39 is 12.6 Å². The van der Waals surface area contributed by atoms with Crippen LogP contribution in [0.1, 0.15) is 52.9 Å². The van der Waals surface area contributed by atoms with Crippen LogP contribution >= 0.6 is 11.3 Å². The van der Waals surface area contributed by atoms with Crippen LogP contribution in [0, 0.1) is 18.3 Å². The molecule has 6 rings (SSSR count). The molecule has 1 saturated heterocycles. The Morgan fingerprint density at radius 1 is 1.11 bits per heavy atom. The monoisotopic (exact) mass is 618 g/mol. The van der Waals surface area contributed by atoms with Crippen molar-refractivity contribution in [2.24, 2.45) is 0 Å². The van der Waals surface area contributed by atoms with Crippen LogP contribution in [0.25, 0.3) is 21.1 Å². The molecular formula is C32H33F3N8S. The Morgan fingerprint density at radius 2 is 1.91 bits per heavy atom. The number of fused-ring (bicyclic) bond motifs is 2. The van der Waals surface area contributed by atoms with Crippen LogP contribution in [0.4, 0.5) is 24.8 Å². The molecule has 1 aromatic carbocycles. The van der Waals surface area contributed by atoms with Crippen molar-refractivity contribution in [3.63, 3.8) is 0 Å². The molecule has 8 nitrogen and oxygen atoms in total. The molecule has 1 atom stereocenters. The van der Waals surface area contributed by atoms with Gasteiger partial charge in [0.2, 0.25) is 0 Å². The number of benzene rings is 1. The van der Waals surface area contributed by atoms with E-state index in [9.17, 15) is 18.4 Å². The number of likely N-dealkylation sites (tertiary alicyclic amines) is 1. The molecule has 0 spiro atoms. The highest BCUT2D eigenvalue weighted by Gasteiger charge is 2.29. The molecule has 1 aliphatic heterocycles. The Balaban J connectivity index is 1.11. The molecule has 228 valence electrons. The quantitative estimate of drug-likeness (QED) is 0.197. The molecule has 1 aliphatic rings. The Bertz CT molecular complexity index is 1830. The third kappa shape index (κ3) is 6.34. The van der Waals surface area contributed by atoms with E-state index in [0.29, 0.717) is 34.1 Å². The van der Waals surface area contributed by atoms with Crippen molar-refractivity contribution in [3.05, 3.63) is 76.2 Å². The first-order valence-corrected chi connectivity index (χ1v) is 15.4. The van der Waals surface area contributed by atoms with Crippen molar-refractivity contribution in [1.29, 1.82) is 5.26 Å². The maximum absolute atomic E-state index is 12.9. The molecule has 1 unspecified atom stereocenters. The fourth-order valence-electron chi connectivity index (χ4n) is 6.04. The standard InChI is InChI=1S/C32H33F3N8S/c1-19(21-4-6-29(37)38-15-21)16-43-24(14-36)11-26-20(2)22(3-5-28(26)43)17-42-9-7-23(8-10-42)41-30-27-12-25(13-32(33,34)35)44-31(27)40-18-39-30/h3-6,11-12,15,18-19,23H,7-10,13,16-17H2,1-2H3,(H2,37,38)(H,39,40,41). The largest absolute Gasteiger partial charge is 0.393 e. The zero-order valence-corrected chi connectivity index (χ0v) is 25.3. The summed E-state index contributed by atoms with van der Waals surface area (Å²) >= 11 is 1.06. The number of nitrogen functional groups attached to an aromatic ring is 1. The molecular weight excluding hydrogens is 585 g/mol. The maximum Gasteiger partial charge on any atom is 0.393 e. The van der Waals surface area contributed by atoms with Gasteiger partial charge < -0.3 is 15.6 Å². The number of nitriles is 1. The van der Waals surface area contributed by atoms with E-state index >= 15 is 0 Å². The van der Waals surface area contributed by atoms with Crippen LogP contribution < -0.4 is 11.1 Å². The van der Waals surface area contributed by atoms with Crippen LogP contribution in [-0.2, 0) is 19.5 Å². The van der Waals surface area contributed by atoms with Gasteiger partial charge in [0.25, 0.3) is 0 Å². The number of aromatic nitrogens is 4. The zero-order valence-electron chi connectivity index (χ0n) is 24.5. The van der Waals surface area contributed by atoms with Gasteiger partial charge in [-0.2, -0.15) is 18.4 Å². The fourth-order valence-corrected chi connectivity index (χ4v) is 7.07. The van der Waals surface area contributed by atoms with Gasteiger partial charge in [-0.3, -0.25) is 4.90 Å². The second-order valence-corrected chi connectivity index (χ2v) is 12.7. The summed E-state index contributed by atoms with van der Waals surface area (Å²) in [5.74, 6) is 1.24. The number of pyridine rings is 1. The number of hydrogen-bond acceptors (Lipinski definition) is 8. The Hall–Kier alpha value is -4.21. The minimum atomic E-state index is -4.26. The summed E-state index contributed by atoms with van der Waals surface area (Å²) in [5.41, 5.74) is 10.9. The highest BCUT2D eigenvalue weighted by atomic mass is 32.1. The molecule has 5 heterocycles. The number of halogens is 3. The SMILES string of the molecule is Cc1c(CN2CCC(Nc3ncnc4sc(CC(F)(F)F)cc34)CC2)ccc2c1cc(C#N)n2CC(C)c1ccc(N)nc1. The lowest BCUT2D eigenvalue weighted by molar-refractivity contribution is -0.126. The summed E-state index contributed by atoms with van der Waals surface area (Å²) < 4.78 is 40.8. The average Bonchev–Trinajstić information content (AvgIpc) is 3.56. The number of piperidine rings is 1. The molecule has 3 N–H and O–H groups in total. The minimum absolute atomic E-state index is 0.154. The van der Waals surface area contributed by atoms with Gasteiger partial charge in [-0.1, -0.05) is 19.1 Å². The first-order chi connectivity index (χ1) is 21.1. The molecule has 0 amide bonds. The van der Waals surface area contributed by atoms with Crippen molar-refractivity contribution >= 4 is 44.1 Å². The zero-order chi connectivity index (χ0) is 31.0. The molecule has 0 aliphatic carbocycles. The lowest BCUT2D eigenvalue weighted by atomic mass is 10.0. The smallest absolute Gasteiger partial charge is 0.384 e. The average molecular weight is 619 g/mol. The van der Waals surface area contributed by atoms with Crippen molar-refractivity contribution < 1.29 is 13.2 Å². The predicted molar refractivity (Wildman–Crippen MR) is 168 cm³/mol. The molecule has 4 aromatic heterocycles. The first-order valence-electron chi connectivity index (χ1n) is 14.6.